The summed E-state index contributed by atoms with van der Waals surface area (Å²) in [5, 5.41) is 0. The van der Waals surface area contributed by atoms with Gasteiger partial charge in [0, 0.05) is 5.92 Å². The first-order valence-electron chi connectivity index (χ1n) is 5.91. The molecule has 0 aromatic carbocycles. The van der Waals surface area contributed by atoms with Crippen molar-refractivity contribution in [2.75, 3.05) is 6.61 Å². The van der Waals surface area contributed by atoms with Gasteiger partial charge in [0.25, 0.3) is 0 Å². The minimum Gasteiger partial charge on any atom is -0.460 e. The van der Waals surface area contributed by atoms with Gasteiger partial charge in [0.2, 0.25) is 11.5 Å². The maximum Gasteiger partial charge on any atom is 0.374 e. The molecule has 0 spiro atoms. The van der Waals surface area contributed by atoms with E-state index in [0.29, 0.717) is 0 Å². The van der Waals surface area contributed by atoms with Gasteiger partial charge in [-0.3, -0.25) is 4.79 Å². The average molecular weight is 238 g/mol. The van der Waals surface area contributed by atoms with E-state index in [4.69, 9.17) is 9.15 Å². The highest BCUT2D eigenvalue weighted by Gasteiger charge is 2.20. The van der Waals surface area contributed by atoms with Crippen molar-refractivity contribution >= 4 is 11.8 Å². The van der Waals surface area contributed by atoms with Crippen LogP contribution in [0.4, 0.5) is 0 Å². The lowest BCUT2D eigenvalue weighted by molar-refractivity contribution is 0.0488. The summed E-state index contributed by atoms with van der Waals surface area (Å²) < 4.78 is 9.99. The molecule has 1 aromatic rings. The Balaban J connectivity index is 2.74. The average Bonchev–Trinajstić information content (AvgIpc) is 2.78. The van der Waals surface area contributed by atoms with Gasteiger partial charge in [0.05, 0.1) is 6.61 Å². The highest BCUT2D eigenvalue weighted by molar-refractivity contribution is 5.96. The molecule has 0 amide bonds. The number of hydrogen-bond acceptors (Lipinski definition) is 4. The van der Waals surface area contributed by atoms with E-state index >= 15 is 0 Å². The molecule has 0 N–H and O–H groups in total. The molecule has 94 valence electrons. The molecule has 4 heteroatoms. The second-order valence-electron chi connectivity index (χ2n) is 3.94. The standard InChI is InChI=1S/C13H18O4/c1-4-6-9(3)12(14)10-7-8-11(17-10)13(15)16-5-2/h7-9H,4-6H2,1-3H3. The first-order valence-corrected chi connectivity index (χ1v) is 5.91. The van der Waals surface area contributed by atoms with E-state index in [1.807, 2.05) is 13.8 Å². The summed E-state index contributed by atoms with van der Waals surface area (Å²) in [6, 6.07) is 3.00. The second-order valence-corrected chi connectivity index (χ2v) is 3.94. The molecular formula is C13H18O4. The third-order valence-corrected chi connectivity index (χ3v) is 2.49. The van der Waals surface area contributed by atoms with Gasteiger partial charge in [-0.15, -0.1) is 0 Å². The second kappa shape index (κ2) is 6.23. The topological polar surface area (TPSA) is 56.5 Å². The molecule has 0 aliphatic carbocycles. The van der Waals surface area contributed by atoms with Crippen LogP contribution in [-0.2, 0) is 4.74 Å². The normalized spacial score (nSPS) is 12.2. The molecule has 0 aliphatic heterocycles. The van der Waals surface area contributed by atoms with E-state index in [-0.39, 0.29) is 29.8 Å². The molecule has 17 heavy (non-hydrogen) atoms. The van der Waals surface area contributed by atoms with Crippen LogP contribution in [0.25, 0.3) is 0 Å². The van der Waals surface area contributed by atoms with Crippen LogP contribution in [0.1, 0.15) is 54.7 Å². The van der Waals surface area contributed by atoms with E-state index in [9.17, 15) is 9.59 Å². The molecule has 0 saturated carbocycles. The van der Waals surface area contributed by atoms with Crippen molar-refractivity contribution in [2.45, 2.75) is 33.6 Å². The minimum absolute atomic E-state index is 0.0672. The Morgan fingerprint density at radius 3 is 2.53 bits per heavy atom. The van der Waals surface area contributed by atoms with Crippen molar-refractivity contribution in [3.63, 3.8) is 0 Å². The molecule has 4 nitrogen and oxygen atoms in total. The Hall–Kier alpha value is -1.58. The fourth-order valence-corrected chi connectivity index (χ4v) is 1.59. The first-order chi connectivity index (χ1) is 8.10. The van der Waals surface area contributed by atoms with Crippen LogP contribution < -0.4 is 0 Å². The molecule has 0 aliphatic rings. The summed E-state index contributed by atoms with van der Waals surface area (Å²) in [5.74, 6) is -0.369. The first kappa shape index (κ1) is 13.5. The predicted octanol–water partition coefficient (Wildman–Crippen LogP) is 3.08. The summed E-state index contributed by atoms with van der Waals surface area (Å²) in [4.78, 5) is 23.2. The Labute approximate surface area is 101 Å². The third kappa shape index (κ3) is 3.44. The zero-order valence-electron chi connectivity index (χ0n) is 10.5. The van der Waals surface area contributed by atoms with Crippen LogP contribution in [0.15, 0.2) is 16.5 Å². The van der Waals surface area contributed by atoms with Gasteiger partial charge < -0.3 is 9.15 Å². The Bertz CT molecular complexity index is 392. The van der Waals surface area contributed by atoms with Crippen LogP contribution in [0.5, 0.6) is 0 Å². The fraction of sp³-hybridized carbons (Fsp3) is 0.538. The molecule has 0 radical (unpaired) electrons. The van der Waals surface area contributed by atoms with E-state index in [0.717, 1.165) is 12.8 Å². The monoisotopic (exact) mass is 238 g/mol. The van der Waals surface area contributed by atoms with Gasteiger partial charge >= 0.3 is 5.97 Å². The lowest BCUT2D eigenvalue weighted by Crippen LogP contribution is -2.10. The quantitative estimate of drug-likeness (QED) is 0.564. The Morgan fingerprint density at radius 1 is 1.29 bits per heavy atom. The van der Waals surface area contributed by atoms with Crippen LogP contribution in [-0.4, -0.2) is 18.4 Å². The Morgan fingerprint density at radius 2 is 1.94 bits per heavy atom. The third-order valence-electron chi connectivity index (χ3n) is 2.49. The number of carbonyl (C=O) groups excluding carboxylic acids is 2. The molecule has 1 unspecified atom stereocenters. The van der Waals surface area contributed by atoms with E-state index in [1.165, 1.54) is 12.1 Å². The molecule has 1 atom stereocenters. The zero-order valence-corrected chi connectivity index (χ0v) is 10.5. The van der Waals surface area contributed by atoms with Gasteiger partial charge in [-0.2, -0.15) is 0 Å². The highest BCUT2D eigenvalue weighted by atomic mass is 16.5. The molecule has 1 aromatic heterocycles. The van der Waals surface area contributed by atoms with Crippen molar-refractivity contribution in [1.29, 1.82) is 0 Å². The maximum atomic E-state index is 11.9. The highest BCUT2D eigenvalue weighted by Crippen LogP contribution is 2.17. The van der Waals surface area contributed by atoms with Crippen molar-refractivity contribution in [1.82, 2.24) is 0 Å². The number of ether oxygens (including phenoxy) is 1. The molecule has 1 heterocycles. The molecule has 0 bridgehead atoms. The lowest BCUT2D eigenvalue weighted by atomic mass is 9.99. The van der Waals surface area contributed by atoms with Gasteiger partial charge in [-0.05, 0) is 25.5 Å². The van der Waals surface area contributed by atoms with Crippen molar-refractivity contribution in [3.8, 4) is 0 Å². The summed E-state index contributed by atoms with van der Waals surface area (Å²) in [6.45, 7) is 5.89. The fourth-order valence-electron chi connectivity index (χ4n) is 1.59. The number of carbonyl (C=O) groups is 2. The minimum atomic E-state index is -0.533. The summed E-state index contributed by atoms with van der Waals surface area (Å²) in [5.41, 5.74) is 0. The number of ketones is 1. The van der Waals surface area contributed by atoms with Gasteiger partial charge in [0.1, 0.15) is 0 Å². The van der Waals surface area contributed by atoms with Crippen molar-refractivity contribution < 1.29 is 18.7 Å². The summed E-state index contributed by atoms with van der Waals surface area (Å²) in [6.07, 6.45) is 1.76. The molecule has 0 fully saturated rings. The number of hydrogen-bond donors (Lipinski definition) is 0. The van der Waals surface area contributed by atoms with Crippen LogP contribution >= 0.6 is 0 Å². The van der Waals surface area contributed by atoms with Gasteiger partial charge in [-0.25, -0.2) is 4.79 Å². The van der Waals surface area contributed by atoms with Gasteiger partial charge in [0.15, 0.2) is 5.76 Å². The number of esters is 1. The van der Waals surface area contributed by atoms with Crippen molar-refractivity contribution in [3.05, 3.63) is 23.7 Å². The van der Waals surface area contributed by atoms with Crippen LogP contribution in [0, 0.1) is 5.92 Å². The van der Waals surface area contributed by atoms with E-state index in [2.05, 4.69) is 0 Å². The van der Waals surface area contributed by atoms with E-state index < -0.39 is 5.97 Å². The van der Waals surface area contributed by atoms with Crippen LogP contribution in [0.3, 0.4) is 0 Å². The maximum absolute atomic E-state index is 11.9. The molecule has 0 saturated heterocycles. The number of furan rings is 1. The lowest BCUT2D eigenvalue weighted by Gasteiger charge is -2.05. The largest absolute Gasteiger partial charge is 0.460 e. The Kier molecular flexibility index (Phi) is 4.94. The summed E-state index contributed by atoms with van der Waals surface area (Å²) in [7, 11) is 0. The predicted molar refractivity (Wildman–Crippen MR) is 63.1 cm³/mol. The number of Topliss-reactive ketones (excluding diaryl/α,β-unsaturated/α-hetero) is 1. The molecular weight excluding hydrogens is 220 g/mol. The van der Waals surface area contributed by atoms with Crippen LogP contribution in [0.2, 0.25) is 0 Å². The SMILES string of the molecule is CCCC(C)C(=O)c1ccc(C(=O)OCC)o1. The summed E-state index contributed by atoms with van der Waals surface area (Å²) >= 11 is 0. The zero-order chi connectivity index (χ0) is 12.8. The van der Waals surface area contributed by atoms with Gasteiger partial charge in [-0.1, -0.05) is 20.3 Å². The van der Waals surface area contributed by atoms with E-state index in [1.54, 1.807) is 6.92 Å². The molecule has 1 rings (SSSR count). The number of rotatable bonds is 6. The smallest absolute Gasteiger partial charge is 0.374 e. The van der Waals surface area contributed by atoms with Crippen molar-refractivity contribution in [2.24, 2.45) is 5.92 Å².